The minimum Gasteiger partial charge on any atom is -0.494 e. The van der Waals surface area contributed by atoms with Crippen LogP contribution in [0, 0.1) is 0 Å². The molecule has 1 aromatic heterocycles. The first-order chi connectivity index (χ1) is 16.8. The molecular weight excluding hydrogens is 422 g/mol. The summed E-state index contributed by atoms with van der Waals surface area (Å²) in [6.07, 6.45) is 3.98. The van der Waals surface area contributed by atoms with Crippen molar-refractivity contribution in [1.82, 2.24) is 14.5 Å². The standard InChI is InChI=1S/C29H29N3O2/c33-29-26-19-24(34-18-6-15-31-17-14-21-7-1-2-9-23(21)20-31)12-13-27(26)30-28-25-11-4-3-8-22(25)10-5-16-32(28)29/h1-4,7-9,11-13,19H,5-6,10,14-18,20H2. The molecule has 0 atom stereocenters. The fourth-order valence-corrected chi connectivity index (χ4v) is 5.31. The largest absolute Gasteiger partial charge is 0.494 e. The van der Waals surface area contributed by atoms with Gasteiger partial charge in [-0.3, -0.25) is 14.3 Å². The topological polar surface area (TPSA) is 47.4 Å². The van der Waals surface area contributed by atoms with E-state index in [9.17, 15) is 4.79 Å². The van der Waals surface area contributed by atoms with Gasteiger partial charge < -0.3 is 4.74 Å². The number of hydrogen-bond acceptors (Lipinski definition) is 4. The second-order valence-corrected chi connectivity index (χ2v) is 9.33. The number of benzene rings is 3. The number of aromatic nitrogens is 2. The van der Waals surface area contributed by atoms with Gasteiger partial charge in [-0.2, -0.15) is 0 Å². The molecule has 0 saturated heterocycles. The number of ether oxygens (including phenoxy) is 1. The summed E-state index contributed by atoms with van der Waals surface area (Å²) < 4.78 is 7.89. The van der Waals surface area contributed by atoms with E-state index in [1.165, 1.54) is 16.7 Å². The molecule has 4 aromatic rings. The van der Waals surface area contributed by atoms with Crippen LogP contribution in [0.5, 0.6) is 5.75 Å². The van der Waals surface area contributed by atoms with Gasteiger partial charge in [0.15, 0.2) is 0 Å². The van der Waals surface area contributed by atoms with E-state index in [0.717, 1.165) is 68.0 Å². The van der Waals surface area contributed by atoms with Gasteiger partial charge in [-0.15, -0.1) is 0 Å². The third-order valence-corrected chi connectivity index (χ3v) is 7.11. The van der Waals surface area contributed by atoms with Gasteiger partial charge in [0, 0.05) is 31.7 Å². The fourth-order valence-electron chi connectivity index (χ4n) is 5.31. The van der Waals surface area contributed by atoms with E-state index in [-0.39, 0.29) is 5.56 Å². The molecule has 6 rings (SSSR count). The molecule has 3 heterocycles. The average Bonchev–Trinajstić information content (AvgIpc) is 3.07. The van der Waals surface area contributed by atoms with Crippen LogP contribution in [0.2, 0.25) is 0 Å². The van der Waals surface area contributed by atoms with Crippen molar-refractivity contribution in [1.29, 1.82) is 0 Å². The minimum atomic E-state index is 0.0223. The Morgan fingerprint density at radius 2 is 1.71 bits per heavy atom. The fraction of sp³-hybridized carbons (Fsp3) is 0.310. The number of rotatable bonds is 5. The zero-order valence-electron chi connectivity index (χ0n) is 19.4. The third kappa shape index (κ3) is 4.01. The van der Waals surface area contributed by atoms with Gasteiger partial charge in [-0.25, -0.2) is 4.98 Å². The van der Waals surface area contributed by atoms with E-state index < -0.39 is 0 Å². The second kappa shape index (κ2) is 9.07. The van der Waals surface area contributed by atoms with Crippen molar-refractivity contribution in [2.75, 3.05) is 19.7 Å². The van der Waals surface area contributed by atoms with Crippen molar-refractivity contribution < 1.29 is 4.74 Å². The third-order valence-electron chi connectivity index (χ3n) is 7.11. The highest BCUT2D eigenvalue weighted by Gasteiger charge is 2.19. The molecule has 5 nitrogen and oxygen atoms in total. The first-order valence-corrected chi connectivity index (χ1v) is 12.3. The molecular formula is C29H29N3O2. The van der Waals surface area contributed by atoms with Crippen molar-refractivity contribution in [3.05, 3.63) is 93.8 Å². The summed E-state index contributed by atoms with van der Waals surface area (Å²) in [4.78, 5) is 20.8. The molecule has 0 fully saturated rings. The van der Waals surface area contributed by atoms with Crippen molar-refractivity contribution >= 4 is 10.9 Å². The summed E-state index contributed by atoms with van der Waals surface area (Å²) in [7, 11) is 0. The van der Waals surface area contributed by atoms with Crippen LogP contribution >= 0.6 is 0 Å². The zero-order chi connectivity index (χ0) is 22.9. The van der Waals surface area contributed by atoms with Gasteiger partial charge >= 0.3 is 0 Å². The SMILES string of the molecule is O=c1c2cc(OCCCN3CCc4ccccc4C3)ccc2nc2n1CCCc1ccccc1-2. The van der Waals surface area contributed by atoms with Gasteiger partial charge in [-0.1, -0.05) is 48.5 Å². The molecule has 34 heavy (non-hydrogen) atoms. The lowest BCUT2D eigenvalue weighted by molar-refractivity contribution is 0.221. The van der Waals surface area contributed by atoms with E-state index >= 15 is 0 Å². The highest BCUT2D eigenvalue weighted by molar-refractivity contribution is 5.81. The Kier molecular flexibility index (Phi) is 5.63. The van der Waals surface area contributed by atoms with Gasteiger partial charge in [0.25, 0.3) is 5.56 Å². The Morgan fingerprint density at radius 1 is 0.882 bits per heavy atom. The molecule has 0 amide bonds. The maximum Gasteiger partial charge on any atom is 0.261 e. The van der Waals surface area contributed by atoms with Crippen LogP contribution in [0.15, 0.2) is 71.5 Å². The Morgan fingerprint density at radius 3 is 2.62 bits per heavy atom. The average molecular weight is 452 g/mol. The number of aryl methyl sites for hydroxylation is 1. The van der Waals surface area contributed by atoms with Crippen LogP contribution in [0.1, 0.15) is 29.5 Å². The maximum absolute atomic E-state index is 13.4. The normalized spacial score (nSPS) is 15.3. The first kappa shape index (κ1) is 21.1. The summed E-state index contributed by atoms with van der Waals surface area (Å²) in [5.74, 6) is 1.52. The van der Waals surface area contributed by atoms with Gasteiger partial charge in [0.05, 0.1) is 17.5 Å². The van der Waals surface area contributed by atoms with Crippen molar-refractivity contribution in [2.45, 2.75) is 38.8 Å². The predicted octanol–water partition coefficient (Wildman–Crippen LogP) is 4.84. The molecule has 0 spiro atoms. The van der Waals surface area contributed by atoms with Crippen LogP contribution in [-0.2, 0) is 25.9 Å². The molecule has 3 aromatic carbocycles. The second-order valence-electron chi connectivity index (χ2n) is 9.33. The van der Waals surface area contributed by atoms with E-state index in [4.69, 9.17) is 9.72 Å². The van der Waals surface area contributed by atoms with Crippen LogP contribution in [0.25, 0.3) is 22.3 Å². The molecule has 0 aliphatic carbocycles. The number of fused-ring (bicyclic) bond motifs is 5. The van der Waals surface area contributed by atoms with Crippen LogP contribution < -0.4 is 10.3 Å². The number of nitrogens with zero attached hydrogens (tertiary/aromatic N) is 3. The lowest BCUT2D eigenvalue weighted by Gasteiger charge is -2.28. The first-order valence-electron chi connectivity index (χ1n) is 12.3. The molecule has 5 heteroatoms. The summed E-state index contributed by atoms with van der Waals surface area (Å²) in [5.41, 5.74) is 6.00. The molecule has 2 aliphatic heterocycles. The molecule has 0 radical (unpaired) electrons. The Hall–Kier alpha value is -3.44. The number of hydrogen-bond donors (Lipinski definition) is 0. The Balaban J connectivity index is 1.16. The van der Waals surface area contributed by atoms with Gasteiger partial charge in [0.2, 0.25) is 0 Å². The molecule has 172 valence electrons. The van der Waals surface area contributed by atoms with Gasteiger partial charge in [-0.05, 0) is 60.6 Å². The molecule has 0 unspecified atom stereocenters. The van der Waals surface area contributed by atoms with E-state index in [0.29, 0.717) is 18.5 Å². The minimum absolute atomic E-state index is 0.0223. The quantitative estimate of drug-likeness (QED) is 0.408. The Bertz CT molecular complexity index is 1410. The maximum atomic E-state index is 13.4. The smallest absolute Gasteiger partial charge is 0.261 e. The van der Waals surface area contributed by atoms with E-state index in [1.54, 1.807) is 0 Å². The summed E-state index contributed by atoms with van der Waals surface area (Å²) in [6, 6.07) is 22.7. The van der Waals surface area contributed by atoms with Crippen molar-refractivity contribution in [3.63, 3.8) is 0 Å². The van der Waals surface area contributed by atoms with Gasteiger partial charge in [0.1, 0.15) is 11.6 Å². The van der Waals surface area contributed by atoms with Crippen molar-refractivity contribution in [2.24, 2.45) is 0 Å². The van der Waals surface area contributed by atoms with E-state index in [1.807, 2.05) is 28.8 Å². The van der Waals surface area contributed by atoms with Crippen molar-refractivity contribution in [3.8, 4) is 17.1 Å². The molecule has 2 aliphatic rings. The van der Waals surface area contributed by atoms with Crippen LogP contribution in [0.4, 0.5) is 0 Å². The van der Waals surface area contributed by atoms with E-state index in [2.05, 4.69) is 47.4 Å². The molecule has 0 saturated carbocycles. The Labute approximate surface area is 199 Å². The van der Waals surface area contributed by atoms with Crippen LogP contribution in [-0.4, -0.2) is 34.1 Å². The summed E-state index contributed by atoms with van der Waals surface area (Å²) in [6.45, 7) is 4.46. The summed E-state index contributed by atoms with van der Waals surface area (Å²) in [5, 5.41) is 0.633. The van der Waals surface area contributed by atoms with Crippen LogP contribution in [0.3, 0.4) is 0 Å². The monoisotopic (exact) mass is 451 g/mol. The molecule has 0 bridgehead atoms. The zero-order valence-corrected chi connectivity index (χ0v) is 19.4. The highest BCUT2D eigenvalue weighted by atomic mass is 16.5. The lowest BCUT2D eigenvalue weighted by atomic mass is 10.00. The predicted molar refractivity (Wildman–Crippen MR) is 135 cm³/mol. The summed E-state index contributed by atoms with van der Waals surface area (Å²) >= 11 is 0. The lowest BCUT2D eigenvalue weighted by Crippen LogP contribution is -2.31. The highest BCUT2D eigenvalue weighted by Crippen LogP contribution is 2.28. The molecule has 0 N–H and O–H groups in total.